The van der Waals surface area contributed by atoms with Gasteiger partial charge in [-0.15, -0.1) is 11.3 Å². The summed E-state index contributed by atoms with van der Waals surface area (Å²) in [6.45, 7) is 1.33. The molecule has 1 heterocycles. The number of amides is 1. The van der Waals surface area contributed by atoms with E-state index in [1.165, 1.54) is 42.5 Å². The SMILES string of the molecule is CC(=O)N[C@@H](Nc1ccc(F)cc1)C(=O)c1cccs1. The Balaban J connectivity index is 2.17. The van der Waals surface area contributed by atoms with Crippen LogP contribution in [0.3, 0.4) is 0 Å². The molecule has 2 N–H and O–H groups in total. The number of benzene rings is 1. The van der Waals surface area contributed by atoms with Gasteiger partial charge in [-0.25, -0.2) is 4.39 Å². The molecule has 6 heteroatoms. The molecule has 0 fully saturated rings. The summed E-state index contributed by atoms with van der Waals surface area (Å²) in [5.74, 6) is -0.926. The molecule has 0 radical (unpaired) electrons. The highest BCUT2D eigenvalue weighted by Gasteiger charge is 2.21. The number of halogens is 1. The van der Waals surface area contributed by atoms with Gasteiger partial charge in [0.05, 0.1) is 4.88 Å². The van der Waals surface area contributed by atoms with Crippen molar-refractivity contribution in [2.75, 3.05) is 5.32 Å². The molecule has 0 bridgehead atoms. The number of Topliss-reactive ketones (excluding diaryl/α,β-unsaturated/α-hetero) is 1. The summed E-state index contributed by atoms with van der Waals surface area (Å²) < 4.78 is 12.9. The van der Waals surface area contributed by atoms with Crippen LogP contribution in [0, 0.1) is 5.82 Å². The van der Waals surface area contributed by atoms with Gasteiger partial charge in [0.1, 0.15) is 5.82 Å². The summed E-state index contributed by atoms with van der Waals surface area (Å²) in [6, 6.07) is 9.03. The number of anilines is 1. The van der Waals surface area contributed by atoms with Gasteiger partial charge in [0, 0.05) is 12.6 Å². The molecule has 1 aromatic carbocycles. The molecule has 2 aromatic rings. The Morgan fingerprint density at radius 3 is 2.45 bits per heavy atom. The molecule has 0 saturated carbocycles. The van der Waals surface area contributed by atoms with Gasteiger partial charge in [-0.2, -0.15) is 0 Å². The predicted octanol–water partition coefficient (Wildman–Crippen LogP) is 2.64. The lowest BCUT2D eigenvalue weighted by molar-refractivity contribution is -0.119. The van der Waals surface area contributed by atoms with E-state index in [4.69, 9.17) is 0 Å². The number of nitrogens with one attached hydrogen (secondary N) is 2. The Morgan fingerprint density at radius 2 is 1.90 bits per heavy atom. The molecule has 0 aliphatic heterocycles. The molecule has 0 aliphatic carbocycles. The molecule has 2 rings (SSSR count). The first-order valence-electron chi connectivity index (χ1n) is 5.93. The smallest absolute Gasteiger partial charge is 0.218 e. The van der Waals surface area contributed by atoms with Gasteiger partial charge in [-0.3, -0.25) is 9.59 Å². The van der Waals surface area contributed by atoms with E-state index in [1.807, 2.05) is 0 Å². The van der Waals surface area contributed by atoms with Crippen molar-refractivity contribution in [1.29, 1.82) is 0 Å². The van der Waals surface area contributed by atoms with E-state index >= 15 is 0 Å². The minimum Gasteiger partial charge on any atom is -0.359 e. The third-order valence-electron chi connectivity index (χ3n) is 2.53. The van der Waals surface area contributed by atoms with Crippen LogP contribution in [-0.2, 0) is 4.79 Å². The van der Waals surface area contributed by atoms with E-state index in [0.717, 1.165) is 0 Å². The standard InChI is InChI=1S/C14H13FN2O2S/c1-9(18)16-14(13(19)12-3-2-8-20-12)17-11-6-4-10(15)5-7-11/h2-8,14,17H,1H3,(H,16,18)/t14-/m0/s1. The predicted molar refractivity (Wildman–Crippen MR) is 76.3 cm³/mol. The van der Waals surface area contributed by atoms with Crippen molar-refractivity contribution in [3.05, 3.63) is 52.5 Å². The highest BCUT2D eigenvalue weighted by Crippen LogP contribution is 2.14. The maximum atomic E-state index is 12.9. The maximum absolute atomic E-state index is 12.9. The fourth-order valence-electron chi connectivity index (χ4n) is 1.64. The number of hydrogen-bond acceptors (Lipinski definition) is 4. The number of rotatable bonds is 5. The summed E-state index contributed by atoms with van der Waals surface area (Å²) in [4.78, 5) is 24.0. The van der Waals surface area contributed by atoms with E-state index in [1.54, 1.807) is 17.5 Å². The van der Waals surface area contributed by atoms with Crippen molar-refractivity contribution in [3.63, 3.8) is 0 Å². The van der Waals surface area contributed by atoms with Crippen molar-refractivity contribution in [2.24, 2.45) is 0 Å². The fourth-order valence-corrected chi connectivity index (χ4v) is 2.34. The quantitative estimate of drug-likeness (QED) is 0.658. The third-order valence-corrected chi connectivity index (χ3v) is 3.41. The van der Waals surface area contributed by atoms with Crippen molar-refractivity contribution >= 4 is 28.7 Å². The Hall–Kier alpha value is -2.21. The lowest BCUT2D eigenvalue weighted by atomic mass is 10.2. The average molecular weight is 292 g/mol. The van der Waals surface area contributed by atoms with Crippen LogP contribution in [0.2, 0.25) is 0 Å². The minimum absolute atomic E-state index is 0.237. The molecule has 1 atom stereocenters. The zero-order valence-electron chi connectivity index (χ0n) is 10.7. The van der Waals surface area contributed by atoms with Gasteiger partial charge in [-0.1, -0.05) is 6.07 Å². The monoisotopic (exact) mass is 292 g/mol. The van der Waals surface area contributed by atoms with E-state index in [0.29, 0.717) is 10.6 Å². The van der Waals surface area contributed by atoms with Crippen molar-refractivity contribution in [2.45, 2.75) is 13.1 Å². The Bertz CT molecular complexity index is 596. The van der Waals surface area contributed by atoms with E-state index in [2.05, 4.69) is 10.6 Å². The van der Waals surface area contributed by atoms with Gasteiger partial charge in [0.2, 0.25) is 11.7 Å². The lowest BCUT2D eigenvalue weighted by Gasteiger charge is -2.18. The summed E-state index contributed by atoms with van der Waals surface area (Å²) in [6.07, 6.45) is -0.878. The molecule has 104 valence electrons. The van der Waals surface area contributed by atoms with Crippen LogP contribution >= 0.6 is 11.3 Å². The summed E-state index contributed by atoms with van der Waals surface area (Å²) in [5, 5.41) is 7.22. The van der Waals surface area contributed by atoms with Crippen molar-refractivity contribution in [3.8, 4) is 0 Å². The van der Waals surface area contributed by atoms with Crippen molar-refractivity contribution < 1.29 is 14.0 Å². The molecule has 0 aliphatic rings. The fraction of sp³-hybridized carbons (Fsp3) is 0.143. The van der Waals surface area contributed by atoms with E-state index < -0.39 is 6.17 Å². The maximum Gasteiger partial charge on any atom is 0.218 e. The van der Waals surface area contributed by atoms with Crippen LogP contribution in [0.5, 0.6) is 0 Å². The number of ketones is 1. The molecular weight excluding hydrogens is 279 g/mol. The topological polar surface area (TPSA) is 58.2 Å². The zero-order chi connectivity index (χ0) is 14.5. The molecule has 0 unspecified atom stereocenters. The average Bonchev–Trinajstić information content (AvgIpc) is 2.93. The second kappa shape index (κ2) is 6.29. The lowest BCUT2D eigenvalue weighted by Crippen LogP contribution is -2.45. The molecule has 0 spiro atoms. The Kier molecular flexibility index (Phi) is 4.47. The second-order valence-corrected chi connectivity index (χ2v) is 5.07. The number of hydrogen-bond donors (Lipinski definition) is 2. The van der Waals surface area contributed by atoms with Gasteiger partial charge >= 0.3 is 0 Å². The van der Waals surface area contributed by atoms with Gasteiger partial charge in [-0.05, 0) is 35.7 Å². The van der Waals surface area contributed by atoms with Gasteiger partial charge in [0.25, 0.3) is 0 Å². The van der Waals surface area contributed by atoms with Crippen LogP contribution in [0.25, 0.3) is 0 Å². The van der Waals surface area contributed by atoms with Crippen molar-refractivity contribution in [1.82, 2.24) is 5.32 Å². The normalized spacial score (nSPS) is 11.7. The summed E-state index contributed by atoms with van der Waals surface area (Å²) in [5.41, 5.74) is 0.551. The second-order valence-electron chi connectivity index (χ2n) is 4.13. The first kappa shape index (κ1) is 14.2. The summed E-state index contributed by atoms with van der Waals surface area (Å²) in [7, 11) is 0. The van der Waals surface area contributed by atoms with Crippen LogP contribution in [0.4, 0.5) is 10.1 Å². The molecule has 4 nitrogen and oxygen atoms in total. The van der Waals surface area contributed by atoms with Crippen LogP contribution in [-0.4, -0.2) is 17.9 Å². The summed E-state index contributed by atoms with van der Waals surface area (Å²) >= 11 is 1.30. The Morgan fingerprint density at radius 1 is 1.20 bits per heavy atom. The zero-order valence-corrected chi connectivity index (χ0v) is 11.5. The number of carbonyl (C=O) groups is 2. The third kappa shape index (κ3) is 3.64. The number of thiophene rings is 1. The van der Waals surface area contributed by atoms with Crippen LogP contribution < -0.4 is 10.6 Å². The van der Waals surface area contributed by atoms with Crippen LogP contribution in [0.15, 0.2) is 41.8 Å². The molecule has 1 amide bonds. The molecule has 1 aromatic heterocycles. The Labute approximate surface area is 119 Å². The first-order chi connectivity index (χ1) is 9.56. The van der Waals surface area contributed by atoms with Gasteiger partial charge in [0.15, 0.2) is 6.17 Å². The highest BCUT2D eigenvalue weighted by atomic mass is 32.1. The van der Waals surface area contributed by atoms with E-state index in [9.17, 15) is 14.0 Å². The molecule has 0 saturated heterocycles. The minimum atomic E-state index is -0.878. The molecule has 20 heavy (non-hydrogen) atoms. The first-order valence-corrected chi connectivity index (χ1v) is 6.81. The van der Waals surface area contributed by atoms with Crippen LogP contribution in [0.1, 0.15) is 16.6 Å². The number of carbonyl (C=O) groups excluding carboxylic acids is 2. The largest absolute Gasteiger partial charge is 0.359 e. The van der Waals surface area contributed by atoms with Gasteiger partial charge < -0.3 is 10.6 Å². The van der Waals surface area contributed by atoms with E-state index in [-0.39, 0.29) is 17.5 Å². The molecular formula is C14H13FN2O2S. The highest BCUT2D eigenvalue weighted by molar-refractivity contribution is 7.12.